The van der Waals surface area contributed by atoms with Crippen molar-refractivity contribution >= 4 is 12.0 Å². The zero-order valence-corrected chi connectivity index (χ0v) is 15.5. The number of methoxy groups -OCH3 is 1. The van der Waals surface area contributed by atoms with Crippen molar-refractivity contribution in [3.8, 4) is 0 Å². The van der Waals surface area contributed by atoms with Gasteiger partial charge in [-0.3, -0.25) is 0 Å². The standard InChI is InChI=1S/C20H30N2O3/c1-4-15(2)18(19(23)25-3)21-20(24)22-12-10-17(11-13-22)14-16-8-6-5-7-9-16/h5-9,15,17-18H,4,10-14H2,1-3H3,(H,21,24)/t15-,18+/m1/s1. The van der Waals surface area contributed by atoms with Gasteiger partial charge in [-0.1, -0.05) is 50.6 Å². The van der Waals surface area contributed by atoms with Gasteiger partial charge < -0.3 is 15.0 Å². The maximum Gasteiger partial charge on any atom is 0.328 e. The first-order chi connectivity index (χ1) is 12.0. The summed E-state index contributed by atoms with van der Waals surface area (Å²) in [7, 11) is 1.36. The second-order valence-electron chi connectivity index (χ2n) is 6.96. The van der Waals surface area contributed by atoms with Crippen LogP contribution in [0.1, 0.15) is 38.7 Å². The van der Waals surface area contributed by atoms with Crippen LogP contribution >= 0.6 is 0 Å². The molecule has 5 nitrogen and oxygen atoms in total. The number of rotatable bonds is 6. The van der Waals surface area contributed by atoms with Crippen molar-refractivity contribution in [1.29, 1.82) is 0 Å². The van der Waals surface area contributed by atoms with Crippen molar-refractivity contribution in [2.45, 2.75) is 45.6 Å². The Morgan fingerprint density at radius 2 is 1.88 bits per heavy atom. The molecule has 0 bridgehead atoms. The number of urea groups is 1. The number of likely N-dealkylation sites (tertiary alicyclic amines) is 1. The first kappa shape index (κ1) is 19.3. The fourth-order valence-corrected chi connectivity index (χ4v) is 3.31. The van der Waals surface area contributed by atoms with Crippen molar-refractivity contribution < 1.29 is 14.3 Å². The van der Waals surface area contributed by atoms with Gasteiger partial charge in [-0.2, -0.15) is 0 Å². The first-order valence-electron chi connectivity index (χ1n) is 9.22. The topological polar surface area (TPSA) is 58.6 Å². The predicted octanol–water partition coefficient (Wildman–Crippen LogP) is 3.24. The lowest BCUT2D eigenvalue weighted by Crippen LogP contribution is -2.52. The van der Waals surface area contributed by atoms with Crippen molar-refractivity contribution in [3.63, 3.8) is 0 Å². The van der Waals surface area contributed by atoms with Gasteiger partial charge >= 0.3 is 12.0 Å². The Kier molecular flexibility index (Phi) is 7.29. The van der Waals surface area contributed by atoms with Gasteiger partial charge in [-0.15, -0.1) is 0 Å². The molecule has 5 heteroatoms. The lowest BCUT2D eigenvalue weighted by Gasteiger charge is -2.33. The van der Waals surface area contributed by atoms with Crippen LogP contribution in [0.25, 0.3) is 0 Å². The van der Waals surface area contributed by atoms with Crippen LogP contribution in [0.15, 0.2) is 30.3 Å². The van der Waals surface area contributed by atoms with Crippen molar-refractivity contribution in [3.05, 3.63) is 35.9 Å². The van der Waals surface area contributed by atoms with Gasteiger partial charge in [0.15, 0.2) is 0 Å². The number of hydrogen-bond acceptors (Lipinski definition) is 3. The van der Waals surface area contributed by atoms with E-state index in [0.717, 1.165) is 38.8 Å². The molecule has 0 saturated carbocycles. The van der Waals surface area contributed by atoms with E-state index in [9.17, 15) is 9.59 Å². The van der Waals surface area contributed by atoms with Gasteiger partial charge in [0.2, 0.25) is 0 Å². The highest BCUT2D eigenvalue weighted by molar-refractivity contribution is 5.83. The number of nitrogens with one attached hydrogen (secondary N) is 1. The number of piperidine rings is 1. The van der Waals surface area contributed by atoms with Gasteiger partial charge in [-0.05, 0) is 36.7 Å². The SMILES string of the molecule is CC[C@@H](C)[C@H](NC(=O)N1CCC(Cc2ccccc2)CC1)C(=O)OC. The molecule has 1 heterocycles. The highest BCUT2D eigenvalue weighted by Crippen LogP contribution is 2.22. The van der Waals surface area contributed by atoms with Gasteiger partial charge in [0.1, 0.15) is 6.04 Å². The van der Waals surface area contributed by atoms with E-state index in [1.165, 1.54) is 12.7 Å². The third-order valence-electron chi connectivity index (χ3n) is 5.22. The van der Waals surface area contributed by atoms with Gasteiger partial charge in [0.05, 0.1) is 7.11 Å². The number of carbonyl (C=O) groups excluding carboxylic acids is 2. The number of amides is 2. The van der Waals surface area contributed by atoms with E-state index in [4.69, 9.17) is 4.74 Å². The zero-order valence-electron chi connectivity index (χ0n) is 15.5. The number of carbonyl (C=O) groups is 2. The summed E-state index contributed by atoms with van der Waals surface area (Å²) in [5.41, 5.74) is 1.35. The number of hydrogen-bond donors (Lipinski definition) is 1. The second kappa shape index (κ2) is 9.44. The Bertz CT molecular complexity index is 553. The highest BCUT2D eigenvalue weighted by Gasteiger charge is 2.30. The Morgan fingerprint density at radius 3 is 2.44 bits per heavy atom. The Labute approximate surface area is 150 Å². The molecule has 25 heavy (non-hydrogen) atoms. The third-order valence-corrected chi connectivity index (χ3v) is 5.22. The minimum absolute atomic E-state index is 0.0482. The fraction of sp³-hybridized carbons (Fsp3) is 0.600. The van der Waals surface area contributed by atoms with E-state index >= 15 is 0 Å². The zero-order chi connectivity index (χ0) is 18.2. The molecule has 1 saturated heterocycles. The number of ether oxygens (including phenoxy) is 1. The summed E-state index contributed by atoms with van der Waals surface area (Å²) in [6.45, 7) is 5.42. The van der Waals surface area contributed by atoms with Crippen LogP contribution in [0.3, 0.4) is 0 Å². The van der Waals surface area contributed by atoms with Crippen LogP contribution in [0.5, 0.6) is 0 Å². The van der Waals surface area contributed by atoms with Gasteiger partial charge in [0, 0.05) is 13.1 Å². The lowest BCUT2D eigenvalue weighted by molar-refractivity contribution is -0.144. The summed E-state index contributed by atoms with van der Waals surface area (Å²) >= 11 is 0. The van der Waals surface area contributed by atoms with Crippen LogP contribution in [-0.2, 0) is 16.0 Å². The number of esters is 1. The number of nitrogens with zero attached hydrogens (tertiary/aromatic N) is 1. The van der Waals surface area contributed by atoms with Gasteiger partial charge in [-0.25, -0.2) is 9.59 Å². The Hall–Kier alpha value is -2.04. The van der Waals surface area contributed by atoms with E-state index in [1.807, 2.05) is 24.8 Å². The average Bonchev–Trinajstić information content (AvgIpc) is 2.66. The van der Waals surface area contributed by atoms with E-state index < -0.39 is 6.04 Å². The summed E-state index contributed by atoms with van der Waals surface area (Å²) < 4.78 is 4.83. The van der Waals surface area contributed by atoms with Crippen molar-refractivity contribution in [1.82, 2.24) is 10.2 Å². The molecule has 0 aliphatic carbocycles. The van der Waals surface area contributed by atoms with E-state index in [1.54, 1.807) is 0 Å². The summed E-state index contributed by atoms with van der Waals surface area (Å²) in [6.07, 6.45) is 3.86. The van der Waals surface area contributed by atoms with Crippen LogP contribution < -0.4 is 5.32 Å². The third kappa shape index (κ3) is 5.48. The molecule has 2 rings (SSSR count). The molecule has 1 N–H and O–H groups in total. The normalized spacial score (nSPS) is 17.6. The van der Waals surface area contributed by atoms with Crippen molar-refractivity contribution in [2.24, 2.45) is 11.8 Å². The molecule has 0 spiro atoms. The molecule has 0 radical (unpaired) electrons. The molecule has 138 valence electrons. The summed E-state index contributed by atoms with van der Waals surface area (Å²) in [5, 5.41) is 2.87. The molecule has 1 fully saturated rings. The molecule has 1 aromatic rings. The lowest BCUT2D eigenvalue weighted by atomic mass is 9.90. The molecule has 1 aliphatic rings. The quantitative estimate of drug-likeness (QED) is 0.805. The molecule has 1 aliphatic heterocycles. The first-order valence-corrected chi connectivity index (χ1v) is 9.22. The van der Waals surface area contributed by atoms with E-state index in [0.29, 0.717) is 5.92 Å². The van der Waals surface area contributed by atoms with Crippen LogP contribution in [-0.4, -0.2) is 43.1 Å². The smallest absolute Gasteiger partial charge is 0.328 e. The highest BCUT2D eigenvalue weighted by atomic mass is 16.5. The molecule has 1 aromatic carbocycles. The molecule has 2 amide bonds. The van der Waals surface area contributed by atoms with Crippen LogP contribution in [0.4, 0.5) is 4.79 Å². The molecule has 2 atom stereocenters. The average molecular weight is 346 g/mol. The van der Waals surface area contributed by atoms with Crippen molar-refractivity contribution in [2.75, 3.05) is 20.2 Å². The maximum atomic E-state index is 12.5. The van der Waals surface area contributed by atoms with E-state index in [-0.39, 0.29) is 17.9 Å². The maximum absolute atomic E-state index is 12.5. The van der Waals surface area contributed by atoms with E-state index in [2.05, 4.69) is 29.6 Å². The predicted molar refractivity (Wildman–Crippen MR) is 98.2 cm³/mol. The summed E-state index contributed by atoms with van der Waals surface area (Å²) in [6, 6.07) is 9.75. The Balaban J connectivity index is 1.84. The molecule has 0 aromatic heterocycles. The summed E-state index contributed by atoms with van der Waals surface area (Å²) in [5.74, 6) is 0.283. The minimum atomic E-state index is -0.579. The Morgan fingerprint density at radius 1 is 1.24 bits per heavy atom. The molecule has 0 unspecified atom stereocenters. The molecular formula is C20H30N2O3. The van der Waals surface area contributed by atoms with Crippen LogP contribution in [0, 0.1) is 11.8 Å². The minimum Gasteiger partial charge on any atom is -0.467 e. The fourth-order valence-electron chi connectivity index (χ4n) is 3.31. The second-order valence-corrected chi connectivity index (χ2v) is 6.96. The van der Waals surface area contributed by atoms with Gasteiger partial charge in [0.25, 0.3) is 0 Å². The molecular weight excluding hydrogens is 316 g/mol. The monoisotopic (exact) mass is 346 g/mol. The van der Waals surface area contributed by atoms with Crippen LogP contribution in [0.2, 0.25) is 0 Å². The summed E-state index contributed by atoms with van der Waals surface area (Å²) in [4.78, 5) is 26.3. The largest absolute Gasteiger partial charge is 0.467 e. The number of benzene rings is 1.